The Balaban J connectivity index is 1.93. The van der Waals surface area contributed by atoms with Gasteiger partial charge in [0.25, 0.3) is 5.91 Å². The number of carbonyl (C=O) groups excluding carboxylic acids is 2. The van der Waals surface area contributed by atoms with E-state index in [0.29, 0.717) is 23.6 Å². The number of benzene rings is 2. The molecule has 1 amide bonds. The standard InChI is InChI=1S/C19H18N2O4S/c1-26(24,25)21-17-10-6-5-9-15(17)12-18(21)19(23)20-16(13-22)11-14-7-3-2-4-8-14/h2-10,12-13,16H,11H2,1H3,(H,20,23). The minimum absolute atomic E-state index is 0.0198. The predicted octanol–water partition coefficient (Wildman–Crippen LogP) is 1.99. The van der Waals surface area contributed by atoms with Gasteiger partial charge in [-0.2, -0.15) is 0 Å². The first-order chi connectivity index (χ1) is 12.4. The van der Waals surface area contributed by atoms with E-state index in [-0.39, 0.29) is 5.69 Å². The number of hydrogen-bond donors (Lipinski definition) is 1. The Morgan fingerprint density at radius 3 is 2.42 bits per heavy atom. The molecule has 6 nitrogen and oxygen atoms in total. The molecule has 3 rings (SSSR count). The van der Waals surface area contributed by atoms with E-state index in [9.17, 15) is 18.0 Å². The van der Waals surface area contributed by atoms with Crippen LogP contribution in [0.15, 0.2) is 60.7 Å². The Labute approximate surface area is 151 Å². The number of rotatable bonds is 6. The average molecular weight is 370 g/mol. The molecule has 1 aromatic heterocycles. The molecule has 0 aliphatic heterocycles. The Hall–Kier alpha value is -2.93. The lowest BCUT2D eigenvalue weighted by atomic mass is 10.1. The molecule has 0 saturated carbocycles. The lowest BCUT2D eigenvalue weighted by molar-refractivity contribution is -0.109. The van der Waals surface area contributed by atoms with Gasteiger partial charge in [-0.1, -0.05) is 48.5 Å². The molecule has 0 bridgehead atoms. The molecule has 1 heterocycles. The number of para-hydroxylation sites is 1. The van der Waals surface area contributed by atoms with Gasteiger partial charge in [0, 0.05) is 5.39 Å². The smallest absolute Gasteiger partial charge is 0.269 e. The predicted molar refractivity (Wildman–Crippen MR) is 99.6 cm³/mol. The van der Waals surface area contributed by atoms with Crippen LogP contribution in [0.5, 0.6) is 0 Å². The van der Waals surface area contributed by atoms with E-state index in [4.69, 9.17) is 0 Å². The van der Waals surface area contributed by atoms with Crippen molar-refractivity contribution in [1.82, 2.24) is 9.29 Å². The maximum Gasteiger partial charge on any atom is 0.269 e. The summed E-state index contributed by atoms with van der Waals surface area (Å²) >= 11 is 0. The minimum Gasteiger partial charge on any atom is -0.341 e. The topological polar surface area (TPSA) is 85.2 Å². The number of nitrogens with one attached hydrogen (secondary N) is 1. The van der Waals surface area contributed by atoms with Crippen LogP contribution >= 0.6 is 0 Å². The van der Waals surface area contributed by atoms with Crippen molar-refractivity contribution in [3.8, 4) is 0 Å². The molecule has 0 aliphatic rings. The van der Waals surface area contributed by atoms with E-state index < -0.39 is 22.0 Å². The molecule has 0 spiro atoms. The Kier molecular flexibility index (Phi) is 4.90. The highest BCUT2D eigenvalue weighted by Gasteiger charge is 2.23. The molecule has 0 fully saturated rings. The van der Waals surface area contributed by atoms with Crippen molar-refractivity contribution in [3.63, 3.8) is 0 Å². The van der Waals surface area contributed by atoms with Crippen molar-refractivity contribution < 1.29 is 18.0 Å². The zero-order valence-corrected chi connectivity index (χ0v) is 14.9. The van der Waals surface area contributed by atoms with Gasteiger partial charge in [0.2, 0.25) is 10.0 Å². The Morgan fingerprint density at radius 1 is 1.12 bits per heavy atom. The number of carbonyl (C=O) groups is 2. The summed E-state index contributed by atoms with van der Waals surface area (Å²) in [5, 5.41) is 3.25. The van der Waals surface area contributed by atoms with Gasteiger partial charge in [-0.05, 0) is 24.1 Å². The number of aromatic nitrogens is 1. The summed E-state index contributed by atoms with van der Waals surface area (Å²) in [6, 6.07) is 16.9. The van der Waals surface area contributed by atoms with Crippen molar-refractivity contribution in [3.05, 3.63) is 71.9 Å². The first kappa shape index (κ1) is 17.9. The SMILES string of the molecule is CS(=O)(=O)n1c(C(=O)NC(C=O)Cc2ccccc2)cc2ccccc21. The fourth-order valence-corrected chi connectivity index (χ4v) is 3.91. The zero-order chi connectivity index (χ0) is 18.7. The normalized spacial score (nSPS) is 12.7. The van der Waals surface area contributed by atoms with E-state index in [1.807, 2.05) is 30.3 Å². The van der Waals surface area contributed by atoms with Crippen molar-refractivity contribution in [2.75, 3.05) is 6.26 Å². The third kappa shape index (κ3) is 3.67. The van der Waals surface area contributed by atoms with Crippen molar-refractivity contribution in [1.29, 1.82) is 0 Å². The van der Waals surface area contributed by atoms with E-state index in [1.165, 1.54) is 6.07 Å². The molecule has 2 aromatic carbocycles. The third-order valence-electron chi connectivity index (χ3n) is 4.01. The van der Waals surface area contributed by atoms with Gasteiger partial charge >= 0.3 is 0 Å². The highest BCUT2D eigenvalue weighted by Crippen LogP contribution is 2.21. The van der Waals surface area contributed by atoms with Gasteiger partial charge in [0.15, 0.2) is 0 Å². The second-order valence-corrected chi connectivity index (χ2v) is 7.85. The average Bonchev–Trinajstić information content (AvgIpc) is 3.02. The van der Waals surface area contributed by atoms with Crippen LogP contribution < -0.4 is 5.32 Å². The molecule has 0 aliphatic carbocycles. The number of nitrogens with zero attached hydrogens (tertiary/aromatic N) is 1. The van der Waals surface area contributed by atoms with Gasteiger partial charge in [0.1, 0.15) is 12.0 Å². The molecule has 1 atom stereocenters. The molecular weight excluding hydrogens is 352 g/mol. The fraction of sp³-hybridized carbons (Fsp3) is 0.158. The minimum atomic E-state index is -3.70. The molecule has 134 valence electrons. The van der Waals surface area contributed by atoms with Crippen LogP contribution in [0.2, 0.25) is 0 Å². The maximum absolute atomic E-state index is 12.7. The van der Waals surface area contributed by atoms with Gasteiger partial charge in [-0.25, -0.2) is 12.4 Å². The third-order valence-corrected chi connectivity index (χ3v) is 5.07. The van der Waals surface area contributed by atoms with Crippen LogP contribution in [0.4, 0.5) is 0 Å². The van der Waals surface area contributed by atoms with Crippen LogP contribution in [0.25, 0.3) is 10.9 Å². The van der Waals surface area contributed by atoms with E-state index in [1.54, 1.807) is 24.3 Å². The van der Waals surface area contributed by atoms with Crippen LogP contribution in [0.3, 0.4) is 0 Å². The summed E-state index contributed by atoms with van der Waals surface area (Å²) < 4.78 is 25.4. The number of aldehydes is 1. The van der Waals surface area contributed by atoms with Gasteiger partial charge in [-0.15, -0.1) is 0 Å². The Morgan fingerprint density at radius 2 is 1.77 bits per heavy atom. The quantitative estimate of drug-likeness (QED) is 0.673. The summed E-state index contributed by atoms with van der Waals surface area (Å²) in [5.41, 5.74) is 1.30. The summed E-state index contributed by atoms with van der Waals surface area (Å²) in [6.45, 7) is 0. The second kappa shape index (κ2) is 7.13. The first-order valence-electron chi connectivity index (χ1n) is 8.01. The summed E-state index contributed by atoms with van der Waals surface area (Å²) in [5.74, 6) is -0.611. The highest BCUT2D eigenvalue weighted by molar-refractivity contribution is 7.89. The van der Waals surface area contributed by atoms with Crippen molar-refractivity contribution >= 4 is 33.1 Å². The largest absolute Gasteiger partial charge is 0.341 e. The summed E-state index contributed by atoms with van der Waals surface area (Å²) in [4.78, 5) is 24.1. The zero-order valence-electron chi connectivity index (χ0n) is 14.1. The van der Waals surface area contributed by atoms with Crippen LogP contribution in [-0.2, 0) is 21.2 Å². The van der Waals surface area contributed by atoms with Crippen molar-refractivity contribution in [2.24, 2.45) is 0 Å². The van der Waals surface area contributed by atoms with Crippen LogP contribution in [-0.4, -0.2) is 36.9 Å². The second-order valence-electron chi connectivity index (χ2n) is 6.02. The maximum atomic E-state index is 12.7. The van der Waals surface area contributed by atoms with Crippen molar-refractivity contribution in [2.45, 2.75) is 12.5 Å². The highest BCUT2D eigenvalue weighted by atomic mass is 32.2. The molecule has 3 aromatic rings. The Bertz CT molecular complexity index is 1060. The lowest BCUT2D eigenvalue weighted by Crippen LogP contribution is -2.39. The molecule has 0 radical (unpaired) electrons. The molecular formula is C19H18N2O4S. The fourth-order valence-electron chi connectivity index (χ4n) is 2.89. The molecule has 7 heteroatoms. The van der Waals surface area contributed by atoms with Gasteiger partial charge in [-0.3, -0.25) is 4.79 Å². The molecule has 1 N–H and O–H groups in total. The molecule has 1 unspecified atom stereocenters. The number of amides is 1. The number of fused-ring (bicyclic) bond motifs is 1. The molecule has 26 heavy (non-hydrogen) atoms. The van der Waals surface area contributed by atoms with Gasteiger partial charge < -0.3 is 10.1 Å². The summed E-state index contributed by atoms with van der Waals surface area (Å²) in [7, 11) is -3.70. The number of hydrogen-bond acceptors (Lipinski definition) is 4. The van der Waals surface area contributed by atoms with Crippen LogP contribution in [0, 0.1) is 0 Å². The van der Waals surface area contributed by atoms with E-state index >= 15 is 0 Å². The monoisotopic (exact) mass is 370 g/mol. The van der Waals surface area contributed by atoms with E-state index in [2.05, 4.69) is 5.32 Å². The van der Waals surface area contributed by atoms with Gasteiger partial charge in [0.05, 0.1) is 17.8 Å². The van der Waals surface area contributed by atoms with Crippen LogP contribution in [0.1, 0.15) is 16.1 Å². The van der Waals surface area contributed by atoms with E-state index in [0.717, 1.165) is 15.8 Å². The first-order valence-corrected chi connectivity index (χ1v) is 9.86. The molecule has 0 saturated heterocycles. The lowest BCUT2D eigenvalue weighted by Gasteiger charge is -2.14. The summed E-state index contributed by atoms with van der Waals surface area (Å²) in [6.07, 6.45) is 2.02.